The quantitative estimate of drug-likeness (QED) is 0.444. The van der Waals surface area contributed by atoms with Gasteiger partial charge in [-0.15, -0.1) is 0 Å². The van der Waals surface area contributed by atoms with E-state index < -0.39 is 0 Å². The molecule has 0 aliphatic rings. The zero-order valence-electron chi connectivity index (χ0n) is 16.2. The van der Waals surface area contributed by atoms with Crippen LogP contribution in [-0.2, 0) is 0 Å². The summed E-state index contributed by atoms with van der Waals surface area (Å²) >= 11 is 0. The lowest BCUT2D eigenvalue weighted by atomic mass is 9.96. The van der Waals surface area contributed by atoms with E-state index in [1.807, 2.05) is 30.4 Å². The van der Waals surface area contributed by atoms with E-state index in [0.717, 1.165) is 29.9 Å². The standard InChI is InChI=1S/C25H29N/c1-6-13-22(8-3)26(23-14-11-10-12-15-23)24-18-16-21(17-19-24)25(9-4)20(5)7-2/h6,8,10-19H,1,3,7,9H2,2,4-5H3/b22-13+,25-20+. The highest BCUT2D eigenvalue weighted by molar-refractivity contribution is 5.74. The highest BCUT2D eigenvalue weighted by Crippen LogP contribution is 2.32. The zero-order chi connectivity index (χ0) is 18.9. The molecular formula is C25H29N. The van der Waals surface area contributed by atoms with Crippen LogP contribution in [0.25, 0.3) is 5.57 Å². The van der Waals surface area contributed by atoms with Crippen molar-refractivity contribution in [2.75, 3.05) is 4.90 Å². The Bertz CT molecular complexity index is 792. The molecule has 0 fully saturated rings. The van der Waals surface area contributed by atoms with Gasteiger partial charge in [-0.3, -0.25) is 0 Å². The van der Waals surface area contributed by atoms with Crippen LogP contribution in [0.2, 0.25) is 0 Å². The second-order valence-corrected chi connectivity index (χ2v) is 6.22. The number of allylic oxidation sites excluding steroid dienone is 5. The summed E-state index contributed by atoms with van der Waals surface area (Å²) in [5, 5.41) is 0. The van der Waals surface area contributed by atoms with Gasteiger partial charge in [0.05, 0.1) is 0 Å². The Labute approximate surface area is 158 Å². The molecule has 2 aromatic rings. The maximum absolute atomic E-state index is 3.98. The molecule has 0 aromatic heterocycles. The van der Waals surface area contributed by atoms with Gasteiger partial charge in [0.1, 0.15) is 0 Å². The smallest absolute Gasteiger partial charge is 0.0462 e. The molecule has 0 heterocycles. The molecule has 2 aromatic carbocycles. The number of hydrogen-bond donors (Lipinski definition) is 0. The summed E-state index contributed by atoms with van der Waals surface area (Å²) < 4.78 is 0. The highest BCUT2D eigenvalue weighted by atomic mass is 15.1. The molecule has 1 nitrogen and oxygen atoms in total. The molecule has 0 bridgehead atoms. The van der Waals surface area contributed by atoms with E-state index in [2.05, 4.69) is 75.2 Å². The van der Waals surface area contributed by atoms with Gasteiger partial charge in [0.25, 0.3) is 0 Å². The fourth-order valence-corrected chi connectivity index (χ4v) is 3.16. The van der Waals surface area contributed by atoms with E-state index in [1.165, 1.54) is 16.7 Å². The summed E-state index contributed by atoms with van der Waals surface area (Å²) in [5.41, 5.74) is 7.41. The Morgan fingerprint density at radius 1 is 0.885 bits per heavy atom. The Morgan fingerprint density at radius 3 is 2.00 bits per heavy atom. The Balaban J connectivity index is 2.52. The number of nitrogens with zero attached hydrogens (tertiary/aromatic N) is 1. The van der Waals surface area contributed by atoms with Crippen molar-refractivity contribution in [2.45, 2.75) is 33.6 Å². The van der Waals surface area contributed by atoms with Crippen LogP contribution < -0.4 is 4.90 Å². The molecular weight excluding hydrogens is 314 g/mol. The van der Waals surface area contributed by atoms with Crippen LogP contribution in [0.1, 0.15) is 39.2 Å². The second-order valence-electron chi connectivity index (χ2n) is 6.22. The van der Waals surface area contributed by atoms with E-state index in [9.17, 15) is 0 Å². The van der Waals surface area contributed by atoms with Gasteiger partial charge in [-0.05, 0) is 67.3 Å². The van der Waals surface area contributed by atoms with Gasteiger partial charge in [-0.25, -0.2) is 0 Å². The number of rotatable bonds is 8. The van der Waals surface area contributed by atoms with Gasteiger partial charge in [0.2, 0.25) is 0 Å². The van der Waals surface area contributed by atoms with Gasteiger partial charge in [-0.2, -0.15) is 0 Å². The van der Waals surface area contributed by atoms with Gasteiger partial charge in [0, 0.05) is 17.1 Å². The van der Waals surface area contributed by atoms with Gasteiger partial charge in [-0.1, -0.05) is 69.0 Å². The highest BCUT2D eigenvalue weighted by Gasteiger charge is 2.12. The third-order valence-corrected chi connectivity index (χ3v) is 4.64. The molecule has 0 saturated carbocycles. The van der Waals surface area contributed by atoms with Crippen molar-refractivity contribution >= 4 is 16.9 Å². The number of benzene rings is 2. The average molecular weight is 344 g/mol. The van der Waals surface area contributed by atoms with E-state index in [1.54, 1.807) is 6.08 Å². The summed E-state index contributed by atoms with van der Waals surface area (Å²) in [7, 11) is 0. The molecule has 0 aliphatic carbocycles. The molecule has 1 heteroatoms. The van der Waals surface area contributed by atoms with Crippen molar-refractivity contribution in [2.24, 2.45) is 0 Å². The van der Waals surface area contributed by atoms with Gasteiger partial charge in [0.15, 0.2) is 0 Å². The Morgan fingerprint density at radius 2 is 1.50 bits per heavy atom. The first-order valence-corrected chi connectivity index (χ1v) is 9.25. The zero-order valence-corrected chi connectivity index (χ0v) is 16.2. The number of anilines is 2. The van der Waals surface area contributed by atoms with E-state index in [4.69, 9.17) is 0 Å². The number of hydrogen-bond acceptors (Lipinski definition) is 1. The van der Waals surface area contributed by atoms with Crippen LogP contribution in [0, 0.1) is 0 Å². The fraction of sp³-hybridized carbons (Fsp3) is 0.200. The summed E-state index contributed by atoms with van der Waals surface area (Å²) in [4.78, 5) is 2.19. The largest absolute Gasteiger partial charge is 0.311 e. The molecule has 0 radical (unpaired) electrons. The van der Waals surface area contributed by atoms with Crippen molar-refractivity contribution < 1.29 is 0 Å². The predicted molar refractivity (Wildman–Crippen MR) is 117 cm³/mol. The molecule has 26 heavy (non-hydrogen) atoms. The Hall–Kier alpha value is -2.80. The van der Waals surface area contributed by atoms with Crippen molar-refractivity contribution in [1.82, 2.24) is 0 Å². The first-order chi connectivity index (χ1) is 12.7. The topological polar surface area (TPSA) is 3.24 Å². The van der Waals surface area contributed by atoms with Crippen LogP contribution in [0.4, 0.5) is 11.4 Å². The predicted octanol–water partition coefficient (Wildman–Crippen LogP) is 7.67. The monoisotopic (exact) mass is 343 g/mol. The molecule has 0 saturated heterocycles. The molecule has 0 atom stereocenters. The van der Waals surface area contributed by atoms with Crippen LogP contribution in [0.3, 0.4) is 0 Å². The van der Waals surface area contributed by atoms with Crippen molar-refractivity contribution in [3.05, 3.63) is 103 Å². The van der Waals surface area contributed by atoms with Crippen molar-refractivity contribution in [3.8, 4) is 0 Å². The maximum atomic E-state index is 3.98. The first kappa shape index (κ1) is 19.5. The van der Waals surface area contributed by atoms with Crippen molar-refractivity contribution in [1.29, 1.82) is 0 Å². The molecule has 134 valence electrons. The fourth-order valence-electron chi connectivity index (χ4n) is 3.16. The minimum absolute atomic E-state index is 0.995. The SMILES string of the molecule is C=C/C=C(\C=C)N(c1ccccc1)c1ccc(/C(CC)=C(\C)CC)cc1. The first-order valence-electron chi connectivity index (χ1n) is 9.25. The third-order valence-electron chi connectivity index (χ3n) is 4.64. The lowest BCUT2D eigenvalue weighted by Crippen LogP contribution is -2.14. The third kappa shape index (κ3) is 4.43. The van der Waals surface area contributed by atoms with Crippen molar-refractivity contribution in [3.63, 3.8) is 0 Å². The molecule has 0 spiro atoms. The Kier molecular flexibility index (Phi) is 7.23. The van der Waals surface area contributed by atoms with Crippen LogP contribution in [0.5, 0.6) is 0 Å². The molecule has 0 N–H and O–H groups in total. The summed E-state index contributed by atoms with van der Waals surface area (Å²) in [6.07, 6.45) is 7.77. The van der Waals surface area contributed by atoms with Crippen LogP contribution in [0.15, 0.2) is 97.3 Å². The summed E-state index contributed by atoms with van der Waals surface area (Å²) in [6, 6.07) is 19.1. The maximum Gasteiger partial charge on any atom is 0.0462 e. The van der Waals surface area contributed by atoms with Crippen LogP contribution >= 0.6 is 0 Å². The van der Waals surface area contributed by atoms with E-state index in [-0.39, 0.29) is 0 Å². The van der Waals surface area contributed by atoms with Gasteiger partial charge < -0.3 is 4.90 Å². The summed E-state index contributed by atoms with van der Waals surface area (Å²) in [5.74, 6) is 0. The average Bonchev–Trinajstić information content (AvgIpc) is 2.69. The normalized spacial score (nSPS) is 12.3. The van der Waals surface area contributed by atoms with E-state index >= 15 is 0 Å². The molecule has 0 amide bonds. The lowest BCUT2D eigenvalue weighted by Gasteiger charge is -2.26. The van der Waals surface area contributed by atoms with E-state index in [0.29, 0.717) is 0 Å². The molecule has 0 aliphatic heterocycles. The summed E-state index contributed by atoms with van der Waals surface area (Å²) in [6.45, 7) is 14.5. The minimum atomic E-state index is 0.995. The van der Waals surface area contributed by atoms with Gasteiger partial charge >= 0.3 is 0 Å². The van der Waals surface area contributed by atoms with Crippen LogP contribution in [-0.4, -0.2) is 0 Å². The lowest BCUT2D eigenvalue weighted by molar-refractivity contribution is 1.07. The second kappa shape index (κ2) is 9.62. The number of para-hydroxylation sites is 1. The molecule has 2 rings (SSSR count). The molecule has 0 unspecified atom stereocenters. The minimum Gasteiger partial charge on any atom is -0.311 e.